The van der Waals surface area contributed by atoms with E-state index in [1.807, 2.05) is 6.08 Å². The summed E-state index contributed by atoms with van der Waals surface area (Å²) in [4.78, 5) is 21.6. The van der Waals surface area contributed by atoms with E-state index in [0.29, 0.717) is 0 Å². The lowest BCUT2D eigenvalue weighted by Gasteiger charge is -2.04. The zero-order chi connectivity index (χ0) is 13.8. The largest absolute Gasteiger partial charge is 0.463 e. The van der Waals surface area contributed by atoms with Crippen LogP contribution in [0, 0.1) is 0 Å². The molecule has 0 saturated carbocycles. The molecule has 0 saturated heterocycles. The van der Waals surface area contributed by atoms with Crippen molar-refractivity contribution >= 4 is 35.1 Å². The maximum atomic E-state index is 11.2. The highest BCUT2D eigenvalue weighted by Gasteiger charge is 2.10. The van der Waals surface area contributed by atoms with Crippen LogP contribution in [0.3, 0.4) is 0 Å². The van der Waals surface area contributed by atoms with E-state index in [9.17, 15) is 9.59 Å². The fourth-order valence-electron chi connectivity index (χ4n) is 0.998. The molecule has 6 heteroatoms. The molecule has 0 aliphatic rings. The predicted octanol–water partition coefficient (Wildman–Crippen LogP) is 3.01. The third kappa shape index (κ3) is 11.7. The number of hydrogen-bond donors (Lipinski definition) is 0. The van der Waals surface area contributed by atoms with E-state index in [-0.39, 0.29) is 26.1 Å². The molecular weight excluding hydrogens is 279 g/mol. The van der Waals surface area contributed by atoms with E-state index in [0.717, 1.165) is 12.8 Å². The molecule has 0 aromatic rings. The van der Waals surface area contributed by atoms with Crippen molar-refractivity contribution in [2.24, 2.45) is 0 Å². The quantitative estimate of drug-likeness (QED) is 0.373. The number of unbranched alkanes of at least 4 members (excludes halogenated alkanes) is 1. The minimum Gasteiger partial charge on any atom is -0.463 e. The standard InChI is InChI=1S/C12H18Cl2O4/c1-2-3-4-5-8-17-11(15)6-7-12(16)18-9-10(13)14/h4-5,10H,2-3,6-9H2,1H3/b5-4-. The van der Waals surface area contributed by atoms with Crippen LogP contribution in [-0.4, -0.2) is 30.0 Å². The van der Waals surface area contributed by atoms with Gasteiger partial charge in [0.1, 0.15) is 18.1 Å². The Labute approximate surface area is 117 Å². The lowest BCUT2D eigenvalue weighted by molar-refractivity contribution is -0.149. The molecule has 0 aliphatic heterocycles. The van der Waals surface area contributed by atoms with Crippen molar-refractivity contribution < 1.29 is 19.1 Å². The molecule has 0 amide bonds. The molecule has 0 radical (unpaired) electrons. The second kappa shape index (κ2) is 11.4. The lowest BCUT2D eigenvalue weighted by atomic mass is 10.3. The predicted molar refractivity (Wildman–Crippen MR) is 70.7 cm³/mol. The summed E-state index contributed by atoms with van der Waals surface area (Å²) in [6, 6.07) is 0. The van der Waals surface area contributed by atoms with Crippen molar-refractivity contribution in [1.82, 2.24) is 0 Å². The number of carbonyl (C=O) groups excluding carboxylic acids is 2. The normalized spacial score (nSPS) is 10.9. The van der Waals surface area contributed by atoms with Crippen LogP contribution in [0.1, 0.15) is 32.6 Å². The van der Waals surface area contributed by atoms with Gasteiger partial charge >= 0.3 is 11.9 Å². The number of alkyl halides is 2. The molecule has 0 fully saturated rings. The average molecular weight is 297 g/mol. The van der Waals surface area contributed by atoms with Gasteiger partial charge in [0.25, 0.3) is 0 Å². The van der Waals surface area contributed by atoms with Gasteiger partial charge in [0.15, 0.2) is 0 Å². The number of hydrogen-bond acceptors (Lipinski definition) is 4. The van der Waals surface area contributed by atoms with Crippen LogP contribution < -0.4 is 0 Å². The Balaban J connectivity index is 3.55. The van der Waals surface area contributed by atoms with E-state index >= 15 is 0 Å². The van der Waals surface area contributed by atoms with Gasteiger partial charge < -0.3 is 9.47 Å². The molecule has 0 spiro atoms. The Morgan fingerprint density at radius 1 is 1.11 bits per heavy atom. The third-order valence-electron chi connectivity index (χ3n) is 1.87. The fraction of sp³-hybridized carbons (Fsp3) is 0.667. The van der Waals surface area contributed by atoms with Crippen LogP contribution in [0.25, 0.3) is 0 Å². The SMILES string of the molecule is CCC/C=C\COC(=O)CCC(=O)OCC(Cl)Cl. The molecule has 0 atom stereocenters. The second-order valence-corrected chi connectivity index (χ2v) is 4.79. The fourth-order valence-corrected chi connectivity index (χ4v) is 1.12. The molecule has 18 heavy (non-hydrogen) atoms. The molecule has 0 aliphatic carbocycles. The summed E-state index contributed by atoms with van der Waals surface area (Å²) in [5.41, 5.74) is 0. The number of ether oxygens (including phenoxy) is 2. The van der Waals surface area contributed by atoms with Crippen molar-refractivity contribution in [3.05, 3.63) is 12.2 Å². The maximum Gasteiger partial charge on any atom is 0.306 e. The van der Waals surface area contributed by atoms with Gasteiger partial charge in [-0.2, -0.15) is 0 Å². The Hall–Kier alpha value is -0.740. The molecule has 0 unspecified atom stereocenters. The maximum absolute atomic E-state index is 11.2. The summed E-state index contributed by atoms with van der Waals surface area (Å²) in [5.74, 6) is -0.943. The van der Waals surface area contributed by atoms with Gasteiger partial charge in [0.2, 0.25) is 0 Å². The topological polar surface area (TPSA) is 52.6 Å². The van der Waals surface area contributed by atoms with Crippen LogP contribution in [0.5, 0.6) is 0 Å². The van der Waals surface area contributed by atoms with Crippen LogP contribution >= 0.6 is 23.2 Å². The van der Waals surface area contributed by atoms with Crippen molar-refractivity contribution in [3.8, 4) is 0 Å². The van der Waals surface area contributed by atoms with Crippen molar-refractivity contribution in [1.29, 1.82) is 0 Å². The Morgan fingerprint density at radius 2 is 1.72 bits per heavy atom. The zero-order valence-corrected chi connectivity index (χ0v) is 11.9. The highest BCUT2D eigenvalue weighted by atomic mass is 35.5. The van der Waals surface area contributed by atoms with Gasteiger partial charge in [-0.1, -0.05) is 25.5 Å². The molecule has 104 valence electrons. The van der Waals surface area contributed by atoms with Crippen LogP contribution in [0.15, 0.2) is 12.2 Å². The van der Waals surface area contributed by atoms with Crippen molar-refractivity contribution in [2.75, 3.05) is 13.2 Å². The number of esters is 2. The van der Waals surface area contributed by atoms with Crippen molar-refractivity contribution in [3.63, 3.8) is 0 Å². The molecule has 0 bridgehead atoms. The van der Waals surface area contributed by atoms with Crippen molar-refractivity contribution in [2.45, 2.75) is 37.4 Å². The van der Waals surface area contributed by atoms with E-state index in [4.69, 9.17) is 27.9 Å². The first-order valence-electron chi connectivity index (χ1n) is 5.80. The Morgan fingerprint density at radius 3 is 2.28 bits per heavy atom. The number of halogens is 2. The van der Waals surface area contributed by atoms with Crippen LogP contribution in [0.4, 0.5) is 0 Å². The van der Waals surface area contributed by atoms with Gasteiger partial charge in [-0.05, 0) is 6.42 Å². The summed E-state index contributed by atoms with van der Waals surface area (Å²) in [7, 11) is 0. The Bertz CT molecular complexity index is 277. The molecule has 4 nitrogen and oxygen atoms in total. The minimum atomic E-state index is -0.746. The summed E-state index contributed by atoms with van der Waals surface area (Å²) in [6.07, 6.45) is 5.71. The van der Waals surface area contributed by atoms with E-state index in [1.54, 1.807) is 6.08 Å². The number of allylic oxidation sites excluding steroid dienone is 1. The van der Waals surface area contributed by atoms with Gasteiger partial charge in [0, 0.05) is 0 Å². The third-order valence-corrected chi connectivity index (χ3v) is 2.12. The molecule has 0 aromatic heterocycles. The first-order valence-corrected chi connectivity index (χ1v) is 6.68. The first kappa shape index (κ1) is 17.3. The number of carbonyl (C=O) groups is 2. The molecule has 0 aromatic carbocycles. The number of rotatable bonds is 9. The van der Waals surface area contributed by atoms with Gasteiger partial charge in [-0.25, -0.2) is 0 Å². The van der Waals surface area contributed by atoms with E-state index in [1.165, 1.54) is 0 Å². The molecule has 0 heterocycles. The van der Waals surface area contributed by atoms with Gasteiger partial charge in [-0.15, -0.1) is 23.2 Å². The Kier molecular flexibility index (Phi) is 10.9. The molecule has 0 N–H and O–H groups in total. The second-order valence-electron chi connectivity index (χ2n) is 3.52. The van der Waals surface area contributed by atoms with Crippen LogP contribution in [0.2, 0.25) is 0 Å². The summed E-state index contributed by atoms with van der Waals surface area (Å²) in [6.45, 7) is 2.23. The van der Waals surface area contributed by atoms with Gasteiger partial charge in [-0.3, -0.25) is 9.59 Å². The monoisotopic (exact) mass is 296 g/mol. The minimum absolute atomic E-state index is 0.00428. The highest BCUT2D eigenvalue weighted by molar-refractivity contribution is 6.44. The van der Waals surface area contributed by atoms with E-state index < -0.39 is 16.8 Å². The summed E-state index contributed by atoms with van der Waals surface area (Å²) in [5, 5.41) is 0. The molecule has 0 rings (SSSR count). The zero-order valence-electron chi connectivity index (χ0n) is 10.4. The smallest absolute Gasteiger partial charge is 0.306 e. The van der Waals surface area contributed by atoms with Gasteiger partial charge in [0.05, 0.1) is 12.8 Å². The summed E-state index contributed by atoms with van der Waals surface area (Å²) >= 11 is 10.8. The first-order chi connectivity index (χ1) is 8.56. The molecular formula is C12H18Cl2O4. The average Bonchev–Trinajstić information content (AvgIpc) is 2.33. The lowest BCUT2D eigenvalue weighted by Crippen LogP contribution is -2.13. The van der Waals surface area contributed by atoms with Crippen LogP contribution in [-0.2, 0) is 19.1 Å². The summed E-state index contributed by atoms with van der Waals surface area (Å²) < 4.78 is 9.57. The highest BCUT2D eigenvalue weighted by Crippen LogP contribution is 2.03. The van der Waals surface area contributed by atoms with E-state index in [2.05, 4.69) is 11.7 Å².